The molecule has 0 bridgehead atoms. The van der Waals surface area contributed by atoms with Crippen LogP contribution in [0.15, 0.2) is 18.2 Å². The van der Waals surface area contributed by atoms with E-state index in [0.717, 1.165) is 43.7 Å². The lowest BCUT2D eigenvalue weighted by Gasteiger charge is -2.35. The maximum absolute atomic E-state index is 12.8. The number of fused-ring (bicyclic) bond motifs is 1. The minimum atomic E-state index is -0.120. The molecule has 0 aromatic heterocycles. The summed E-state index contributed by atoms with van der Waals surface area (Å²) in [7, 11) is 0. The van der Waals surface area contributed by atoms with E-state index in [0.29, 0.717) is 31.2 Å². The molecule has 2 heterocycles. The molecule has 0 saturated carbocycles. The first kappa shape index (κ1) is 20.3. The Kier molecular flexibility index (Phi) is 7.81. The largest absolute Gasteiger partial charge is 0.492 e. The molecule has 2 aliphatic heterocycles. The van der Waals surface area contributed by atoms with Crippen LogP contribution in [0.2, 0.25) is 5.02 Å². The lowest BCUT2D eigenvalue weighted by molar-refractivity contribution is -0.139. The van der Waals surface area contributed by atoms with Gasteiger partial charge in [0.2, 0.25) is 5.91 Å². The Hall–Kier alpha value is -1.01. The van der Waals surface area contributed by atoms with Crippen molar-refractivity contribution < 1.29 is 14.3 Å². The molecule has 2 aliphatic rings. The SMILES string of the molecule is Cl.NCCCOC1CCN(C(=O)C2COc3ccc(Cl)cc3C2)CC1. The van der Waals surface area contributed by atoms with Crippen molar-refractivity contribution >= 4 is 29.9 Å². The topological polar surface area (TPSA) is 64.8 Å². The summed E-state index contributed by atoms with van der Waals surface area (Å²) in [6.45, 7) is 3.32. The van der Waals surface area contributed by atoms with Gasteiger partial charge in [-0.25, -0.2) is 0 Å². The van der Waals surface area contributed by atoms with Crippen molar-refractivity contribution in [2.75, 3.05) is 32.8 Å². The van der Waals surface area contributed by atoms with Crippen LogP contribution in [0.5, 0.6) is 5.75 Å². The van der Waals surface area contributed by atoms with Gasteiger partial charge in [0.1, 0.15) is 12.4 Å². The Morgan fingerprint density at radius 3 is 2.84 bits per heavy atom. The zero-order valence-corrected chi connectivity index (χ0v) is 15.9. The highest BCUT2D eigenvalue weighted by Crippen LogP contribution is 2.31. The number of carbonyl (C=O) groups is 1. The summed E-state index contributed by atoms with van der Waals surface area (Å²) in [5.74, 6) is 0.905. The van der Waals surface area contributed by atoms with Crippen LogP contribution in [0.3, 0.4) is 0 Å². The molecule has 0 radical (unpaired) electrons. The standard InChI is InChI=1S/C18H25ClN2O3.ClH/c19-15-2-3-17-13(11-15)10-14(12-24-17)18(22)21-7-4-16(5-8-21)23-9-1-6-20;/h2-3,11,14,16H,1,4-10,12,20H2;1H. The number of rotatable bonds is 5. The predicted octanol–water partition coefficient (Wildman–Crippen LogP) is 2.67. The number of likely N-dealkylation sites (tertiary alicyclic amines) is 1. The van der Waals surface area contributed by atoms with Gasteiger partial charge in [-0.1, -0.05) is 11.6 Å². The molecule has 140 valence electrons. The normalized spacial score (nSPS) is 20.4. The Balaban J connectivity index is 0.00000225. The fourth-order valence-corrected chi connectivity index (χ4v) is 3.55. The molecule has 1 aromatic carbocycles. The van der Waals surface area contributed by atoms with Crippen molar-refractivity contribution in [1.82, 2.24) is 4.90 Å². The summed E-state index contributed by atoms with van der Waals surface area (Å²) < 4.78 is 11.5. The summed E-state index contributed by atoms with van der Waals surface area (Å²) in [6, 6.07) is 5.59. The van der Waals surface area contributed by atoms with Gasteiger partial charge in [-0.15, -0.1) is 12.4 Å². The monoisotopic (exact) mass is 388 g/mol. The van der Waals surface area contributed by atoms with Crippen molar-refractivity contribution in [1.29, 1.82) is 0 Å². The van der Waals surface area contributed by atoms with Gasteiger partial charge in [0.15, 0.2) is 0 Å². The van der Waals surface area contributed by atoms with Gasteiger partial charge in [0.05, 0.1) is 12.0 Å². The smallest absolute Gasteiger partial charge is 0.229 e. The molecule has 1 fully saturated rings. The van der Waals surface area contributed by atoms with Crippen LogP contribution in [0, 0.1) is 5.92 Å². The number of halogens is 2. The van der Waals surface area contributed by atoms with E-state index in [1.165, 1.54) is 0 Å². The number of nitrogens with zero attached hydrogens (tertiary/aromatic N) is 1. The zero-order chi connectivity index (χ0) is 16.9. The predicted molar refractivity (Wildman–Crippen MR) is 101 cm³/mol. The van der Waals surface area contributed by atoms with E-state index in [-0.39, 0.29) is 30.3 Å². The maximum atomic E-state index is 12.8. The molecule has 0 spiro atoms. The quantitative estimate of drug-likeness (QED) is 0.787. The Labute approximate surface area is 160 Å². The Bertz CT molecular complexity index is 577. The van der Waals surface area contributed by atoms with Crippen LogP contribution < -0.4 is 10.5 Å². The number of nitrogens with two attached hydrogens (primary N) is 1. The first-order valence-corrected chi connectivity index (χ1v) is 9.07. The average molecular weight is 389 g/mol. The number of ether oxygens (including phenoxy) is 2. The van der Waals surface area contributed by atoms with Crippen LogP contribution in [0.4, 0.5) is 0 Å². The molecule has 2 N–H and O–H groups in total. The van der Waals surface area contributed by atoms with Gasteiger partial charge < -0.3 is 20.1 Å². The highest BCUT2D eigenvalue weighted by Gasteiger charge is 2.32. The average Bonchev–Trinajstić information content (AvgIpc) is 2.61. The molecular weight excluding hydrogens is 363 g/mol. The molecule has 7 heteroatoms. The number of piperidine rings is 1. The number of hydrogen-bond acceptors (Lipinski definition) is 4. The first-order valence-electron chi connectivity index (χ1n) is 8.69. The van der Waals surface area contributed by atoms with E-state index in [9.17, 15) is 4.79 Å². The van der Waals surface area contributed by atoms with Crippen molar-refractivity contribution in [3.05, 3.63) is 28.8 Å². The van der Waals surface area contributed by atoms with Gasteiger partial charge in [-0.3, -0.25) is 4.79 Å². The molecule has 25 heavy (non-hydrogen) atoms. The number of benzene rings is 1. The third-order valence-corrected chi connectivity index (χ3v) is 4.97. The zero-order valence-electron chi connectivity index (χ0n) is 14.3. The van der Waals surface area contributed by atoms with Gasteiger partial charge in [-0.05, 0) is 56.0 Å². The molecule has 1 aromatic rings. The molecule has 1 saturated heterocycles. The van der Waals surface area contributed by atoms with Crippen LogP contribution >= 0.6 is 24.0 Å². The Morgan fingerprint density at radius 1 is 1.36 bits per heavy atom. The van der Waals surface area contributed by atoms with E-state index in [2.05, 4.69) is 0 Å². The number of hydrogen-bond donors (Lipinski definition) is 1. The van der Waals surface area contributed by atoms with E-state index in [1.54, 1.807) is 0 Å². The molecule has 1 atom stereocenters. The minimum absolute atomic E-state index is 0. The second-order valence-electron chi connectivity index (χ2n) is 6.50. The second-order valence-corrected chi connectivity index (χ2v) is 6.94. The molecule has 1 amide bonds. The van der Waals surface area contributed by atoms with E-state index in [4.69, 9.17) is 26.8 Å². The summed E-state index contributed by atoms with van der Waals surface area (Å²) in [5, 5.41) is 0.681. The van der Waals surface area contributed by atoms with Crippen molar-refractivity contribution in [3.63, 3.8) is 0 Å². The number of carbonyl (C=O) groups excluding carboxylic acids is 1. The van der Waals surface area contributed by atoms with Crippen molar-refractivity contribution in [2.45, 2.75) is 31.8 Å². The van der Waals surface area contributed by atoms with Crippen molar-refractivity contribution in [3.8, 4) is 5.75 Å². The van der Waals surface area contributed by atoms with Gasteiger partial charge >= 0.3 is 0 Å². The molecule has 1 unspecified atom stereocenters. The van der Waals surface area contributed by atoms with Gasteiger partial charge in [-0.2, -0.15) is 0 Å². The summed E-state index contributed by atoms with van der Waals surface area (Å²) >= 11 is 6.05. The molecule has 3 rings (SSSR count). The van der Waals surface area contributed by atoms with Gasteiger partial charge in [0.25, 0.3) is 0 Å². The highest BCUT2D eigenvalue weighted by molar-refractivity contribution is 6.30. The van der Waals surface area contributed by atoms with E-state index >= 15 is 0 Å². The van der Waals surface area contributed by atoms with Crippen LogP contribution in [-0.4, -0.2) is 49.8 Å². The van der Waals surface area contributed by atoms with Crippen LogP contribution in [0.25, 0.3) is 0 Å². The summed E-state index contributed by atoms with van der Waals surface area (Å²) in [5.41, 5.74) is 6.50. The van der Waals surface area contributed by atoms with Crippen molar-refractivity contribution in [2.24, 2.45) is 11.7 Å². The van der Waals surface area contributed by atoms with E-state index < -0.39 is 0 Å². The fourth-order valence-electron chi connectivity index (χ4n) is 3.36. The lowest BCUT2D eigenvalue weighted by atomic mass is 9.94. The lowest BCUT2D eigenvalue weighted by Crippen LogP contribution is -2.46. The van der Waals surface area contributed by atoms with Gasteiger partial charge in [0, 0.05) is 24.7 Å². The fraction of sp³-hybridized carbons (Fsp3) is 0.611. The third kappa shape index (κ3) is 5.23. The summed E-state index contributed by atoms with van der Waals surface area (Å²) in [6.07, 6.45) is 3.63. The third-order valence-electron chi connectivity index (χ3n) is 4.73. The molecule has 5 nitrogen and oxygen atoms in total. The Morgan fingerprint density at radius 2 is 2.12 bits per heavy atom. The van der Waals surface area contributed by atoms with Crippen LogP contribution in [-0.2, 0) is 16.0 Å². The second kappa shape index (κ2) is 9.62. The molecular formula is C18H26Cl2N2O3. The van der Waals surface area contributed by atoms with E-state index in [1.807, 2.05) is 23.1 Å². The minimum Gasteiger partial charge on any atom is -0.492 e. The van der Waals surface area contributed by atoms with Crippen LogP contribution in [0.1, 0.15) is 24.8 Å². The molecule has 0 aliphatic carbocycles. The highest BCUT2D eigenvalue weighted by atomic mass is 35.5. The maximum Gasteiger partial charge on any atom is 0.229 e. The number of amides is 1. The summed E-state index contributed by atoms with van der Waals surface area (Å²) in [4.78, 5) is 14.7. The first-order chi connectivity index (χ1) is 11.7.